The molecule has 4 aliphatic heterocycles. The van der Waals surface area contributed by atoms with Crippen LogP contribution < -0.4 is 20.4 Å². The fourth-order valence-corrected chi connectivity index (χ4v) is 9.02. The van der Waals surface area contributed by atoms with E-state index in [1.54, 1.807) is 36.5 Å². The molecule has 308 valence electrons. The minimum atomic E-state index is -1.02. The van der Waals surface area contributed by atoms with Crippen molar-refractivity contribution in [1.82, 2.24) is 34.7 Å². The third-order valence-electron chi connectivity index (χ3n) is 12.1. The number of pyridine rings is 1. The molecule has 2 aromatic carbocycles. The van der Waals surface area contributed by atoms with E-state index in [4.69, 9.17) is 10.1 Å². The van der Waals surface area contributed by atoms with E-state index in [1.165, 1.54) is 6.07 Å². The van der Waals surface area contributed by atoms with Gasteiger partial charge in [0.05, 0.1) is 29.1 Å². The summed E-state index contributed by atoms with van der Waals surface area (Å²) >= 11 is 0. The number of benzene rings is 2. The first kappa shape index (κ1) is 38.9. The molecular weight excluding hydrogens is 768 g/mol. The number of nitrogens with zero attached hydrogens (tertiary/aromatic N) is 8. The van der Waals surface area contributed by atoms with E-state index in [0.29, 0.717) is 24.3 Å². The number of hydrogen-bond acceptors (Lipinski definition) is 12. The summed E-state index contributed by atoms with van der Waals surface area (Å²) in [5.74, 6) is -0.747. The standard InChI is InChI=1S/C44H45FN10O5/c45-29-7-3-6-28(24-29)35-10-5-18-53(35)40-16-15-38-47-27-37(55(38)50-40)34-9-4-11-39(48-34)52-21-19-51(20-22-52)31(8-1-2-23-56)26-46-30-12-13-32-33(25-30)44(60)54(43(32)59)36-14-17-41(57)49-42(36)58/h3-4,6-7,9,11-13,15-16,23-25,27,31,35-36,46H,1-2,5,8,10,14,17-22,26H2,(H,49,57,58)/t31?,35-,36?/m1/s1. The minimum Gasteiger partial charge on any atom is -0.383 e. The Balaban J connectivity index is 0.862. The average Bonchev–Trinajstić information content (AvgIpc) is 3.99. The number of rotatable bonds is 13. The molecule has 3 saturated heterocycles. The maximum absolute atomic E-state index is 14.1. The van der Waals surface area contributed by atoms with Crippen LogP contribution in [0.3, 0.4) is 0 Å². The third kappa shape index (κ3) is 7.58. The van der Waals surface area contributed by atoms with Crippen LogP contribution in [0.1, 0.15) is 77.3 Å². The number of anilines is 3. The van der Waals surface area contributed by atoms with Crippen molar-refractivity contribution in [2.24, 2.45) is 0 Å². The van der Waals surface area contributed by atoms with Gasteiger partial charge in [-0.25, -0.2) is 18.9 Å². The molecule has 2 N–H and O–H groups in total. The lowest BCUT2D eigenvalue weighted by molar-refractivity contribution is -0.136. The number of carbonyl (C=O) groups is 5. The van der Waals surface area contributed by atoms with Crippen molar-refractivity contribution in [1.29, 1.82) is 0 Å². The number of aldehydes is 1. The molecule has 0 spiro atoms. The van der Waals surface area contributed by atoms with E-state index >= 15 is 0 Å². The summed E-state index contributed by atoms with van der Waals surface area (Å²) in [6.45, 7) is 4.37. The van der Waals surface area contributed by atoms with E-state index in [0.717, 1.165) is 98.2 Å². The first-order chi connectivity index (χ1) is 29.2. The van der Waals surface area contributed by atoms with Gasteiger partial charge in [0.2, 0.25) is 11.8 Å². The predicted molar refractivity (Wildman–Crippen MR) is 221 cm³/mol. The van der Waals surface area contributed by atoms with Crippen LogP contribution in [0.4, 0.5) is 21.7 Å². The van der Waals surface area contributed by atoms with Gasteiger partial charge in [-0.15, -0.1) is 5.10 Å². The Morgan fingerprint density at radius 3 is 2.52 bits per heavy atom. The van der Waals surface area contributed by atoms with Crippen LogP contribution in [0.15, 0.2) is 79.0 Å². The Bertz CT molecular complexity index is 2480. The summed E-state index contributed by atoms with van der Waals surface area (Å²) in [4.78, 5) is 79.6. The molecule has 0 radical (unpaired) electrons. The van der Waals surface area contributed by atoms with Crippen molar-refractivity contribution in [3.63, 3.8) is 0 Å². The molecule has 15 nitrogen and oxygen atoms in total. The Morgan fingerprint density at radius 1 is 0.867 bits per heavy atom. The highest BCUT2D eigenvalue weighted by Crippen LogP contribution is 2.36. The number of halogens is 1. The number of piperidine rings is 1. The molecule has 0 bridgehead atoms. The molecule has 16 heteroatoms. The fraction of sp³-hybridized carbons (Fsp3) is 0.364. The van der Waals surface area contributed by atoms with Crippen molar-refractivity contribution in [3.05, 3.63) is 102 Å². The van der Waals surface area contributed by atoms with Gasteiger partial charge in [0, 0.05) is 63.8 Å². The van der Waals surface area contributed by atoms with Gasteiger partial charge < -0.3 is 19.9 Å². The number of aromatic nitrogens is 4. The van der Waals surface area contributed by atoms with Crippen LogP contribution >= 0.6 is 0 Å². The molecule has 3 aromatic heterocycles. The van der Waals surface area contributed by atoms with E-state index < -0.39 is 29.7 Å². The van der Waals surface area contributed by atoms with Crippen LogP contribution in [0, 0.1) is 5.82 Å². The first-order valence-corrected chi connectivity index (χ1v) is 20.6. The Labute approximate surface area is 345 Å². The van der Waals surface area contributed by atoms with Crippen LogP contribution in [0.25, 0.3) is 17.0 Å². The first-order valence-electron chi connectivity index (χ1n) is 20.6. The normalized spacial score (nSPS) is 20.2. The van der Waals surface area contributed by atoms with Crippen molar-refractivity contribution in [2.45, 2.75) is 63.1 Å². The van der Waals surface area contributed by atoms with Gasteiger partial charge in [-0.3, -0.25) is 34.3 Å². The molecule has 7 heterocycles. The molecule has 9 rings (SSSR count). The summed E-state index contributed by atoms with van der Waals surface area (Å²) in [7, 11) is 0. The lowest BCUT2D eigenvalue weighted by Gasteiger charge is -2.40. The highest BCUT2D eigenvalue weighted by molar-refractivity contribution is 6.23. The van der Waals surface area contributed by atoms with Crippen LogP contribution in [-0.4, -0.2) is 111 Å². The number of nitrogens with one attached hydrogen (secondary N) is 2. The zero-order valence-corrected chi connectivity index (χ0v) is 33.0. The van der Waals surface area contributed by atoms with Gasteiger partial charge in [-0.1, -0.05) is 18.2 Å². The molecule has 3 fully saturated rings. The topological polar surface area (TPSA) is 165 Å². The van der Waals surface area contributed by atoms with Crippen LogP contribution in [-0.2, 0) is 14.4 Å². The second-order valence-corrected chi connectivity index (χ2v) is 15.8. The number of unbranched alkanes of at least 4 members (excludes halogenated alkanes) is 1. The third-order valence-corrected chi connectivity index (χ3v) is 12.1. The highest BCUT2D eigenvalue weighted by atomic mass is 19.1. The van der Waals surface area contributed by atoms with Crippen molar-refractivity contribution < 1.29 is 28.4 Å². The number of imidazole rings is 1. The summed E-state index contributed by atoms with van der Waals surface area (Å²) in [6, 6.07) is 20.8. The lowest BCUT2D eigenvalue weighted by Crippen LogP contribution is -2.54. The van der Waals surface area contributed by atoms with E-state index in [2.05, 4.69) is 30.3 Å². The molecule has 0 saturated carbocycles. The number of imide groups is 2. The Kier molecular flexibility index (Phi) is 10.8. The number of hydrogen-bond donors (Lipinski definition) is 2. The maximum atomic E-state index is 14.1. The number of amides is 4. The summed E-state index contributed by atoms with van der Waals surface area (Å²) in [6.07, 6.45) is 6.77. The SMILES string of the molecule is O=CCCCC(CNc1ccc2c(c1)C(=O)N(C1CCC(=O)NC1=O)C2=O)N1CCN(c2cccc(-c3cnc4ccc(N5CCC[C@@H]5c5cccc(F)c5)nn34)n2)CC1. The van der Waals surface area contributed by atoms with Crippen molar-refractivity contribution in [2.75, 3.05) is 54.4 Å². The van der Waals surface area contributed by atoms with E-state index in [1.807, 2.05) is 40.9 Å². The van der Waals surface area contributed by atoms with Gasteiger partial charge in [0.1, 0.15) is 35.5 Å². The maximum Gasteiger partial charge on any atom is 0.262 e. The highest BCUT2D eigenvalue weighted by Gasteiger charge is 2.44. The molecule has 0 aliphatic carbocycles. The molecule has 5 aromatic rings. The van der Waals surface area contributed by atoms with Gasteiger partial charge in [0.15, 0.2) is 5.65 Å². The lowest BCUT2D eigenvalue weighted by atomic mass is 10.0. The molecule has 4 amide bonds. The molecule has 2 unspecified atom stereocenters. The quantitative estimate of drug-likeness (QED) is 0.0963. The Hall–Kier alpha value is -6.55. The van der Waals surface area contributed by atoms with Crippen LogP contribution in [0.2, 0.25) is 0 Å². The monoisotopic (exact) mass is 812 g/mol. The summed E-state index contributed by atoms with van der Waals surface area (Å²) in [5, 5.41) is 10.7. The van der Waals surface area contributed by atoms with Gasteiger partial charge >= 0.3 is 0 Å². The second-order valence-electron chi connectivity index (χ2n) is 15.8. The molecule has 60 heavy (non-hydrogen) atoms. The smallest absolute Gasteiger partial charge is 0.262 e. The molecule has 3 atom stereocenters. The second kappa shape index (κ2) is 16.6. The predicted octanol–water partition coefficient (Wildman–Crippen LogP) is 4.65. The zero-order chi connectivity index (χ0) is 41.3. The van der Waals surface area contributed by atoms with E-state index in [9.17, 15) is 28.4 Å². The molecular formula is C44H45FN10O5. The van der Waals surface area contributed by atoms with Crippen LogP contribution in [0.5, 0.6) is 0 Å². The van der Waals surface area contributed by atoms with Crippen molar-refractivity contribution >= 4 is 52.9 Å². The number of fused-ring (bicyclic) bond motifs is 2. The number of carbonyl (C=O) groups excluding carboxylic acids is 5. The van der Waals surface area contributed by atoms with Gasteiger partial charge in [-0.2, -0.15) is 0 Å². The van der Waals surface area contributed by atoms with E-state index in [-0.39, 0.29) is 41.9 Å². The largest absolute Gasteiger partial charge is 0.383 e. The van der Waals surface area contributed by atoms with Gasteiger partial charge in [-0.05, 0) is 92.3 Å². The van der Waals surface area contributed by atoms with Gasteiger partial charge in [0.25, 0.3) is 11.8 Å². The summed E-state index contributed by atoms with van der Waals surface area (Å²) in [5.41, 5.74) is 4.29. The molecule has 4 aliphatic rings. The minimum absolute atomic E-state index is 0.0368. The average molecular weight is 813 g/mol. The Morgan fingerprint density at radius 2 is 1.70 bits per heavy atom. The summed E-state index contributed by atoms with van der Waals surface area (Å²) < 4.78 is 16.0. The number of piperazine rings is 1. The zero-order valence-electron chi connectivity index (χ0n) is 33.0. The van der Waals surface area contributed by atoms with Crippen molar-refractivity contribution in [3.8, 4) is 11.4 Å². The fourth-order valence-electron chi connectivity index (χ4n) is 9.02.